The predicted octanol–water partition coefficient (Wildman–Crippen LogP) is 4.01. The van der Waals surface area contributed by atoms with Crippen molar-refractivity contribution >= 4 is 33.8 Å². The number of hydrogen-bond acceptors (Lipinski definition) is 7. The van der Waals surface area contributed by atoms with Gasteiger partial charge in [0.05, 0.1) is 29.5 Å². The van der Waals surface area contributed by atoms with E-state index >= 15 is 0 Å². The molecule has 0 fully saturated rings. The van der Waals surface area contributed by atoms with Gasteiger partial charge in [-0.15, -0.1) is 10.2 Å². The standard InChI is InChI=1S/C20H17F3N4O3S/c1-11-25-26-19(31-11)27-14(9-28)10-30-17-15(3-2-4-16(17)27)18(29)24-13-7-5-12(6-8-13)20(21,22)23/h2-8,14,28H,9-10H2,1H3,(H,24,29)/t14-/m0/s1. The fourth-order valence-corrected chi connectivity index (χ4v) is 3.99. The fourth-order valence-electron chi connectivity index (χ4n) is 3.21. The summed E-state index contributed by atoms with van der Waals surface area (Å²) >= 11 is 1.34. The number of anilines is 3. The van der Waals surface area contributed by atoms with Crippen LogP contribution in [0.3, 0.4) is 0 Å². The van der Waals surface area contributed by atoms with Gasteiger partial charge in [-0.2, -0.15) is 13.2 Å². The van der Waals surface area contributed by atoms with Gasteiger partial charge < -0.3 is 20.1 Å². The molecule has 162 valence electrons. The van der Waals surface area contributed by atoms with Crippen LogP contribution < -0.4 is 15.0 Å². The molecule has 0 bridgehead atoms. The van der Waals surface area contributed by atoms with Gasteiger partial charge in [0.1, 0.15) is 11.6 Å². The molecule has 0 radical (unpaired) electrons. The van der Waals surface area contributed by atoms with E-state index in [0.29, 0.717) is 16.6 Å². The minimum Gasteiger partial charge on any atom is -0.488 e. The first-order valence-electron chi connectivity index (χ1n) is 9.22. The molecule has 0 aliphatic carbocycles. The monoisotopic (exact) mass is 450 g/mol. The second kappa shape index (κ2) is 8.16. The Hall–Kier alpha value is -3.18. The molecule has 1 atom stereocenters. The SMILES string of the molecule is Cc1nnc(N2c3cccc(C(=O)Nc4ccc(C(F)(F)F)cc4)c3OC[C@@H]2CO)s1. The Kier molecular flexibility index (Phi) is 5.54. The lowest BCUT2D eigenvalue weighted by Gasteiger charge is -2.36. The maximum atomic E-state index is 12.9. The van der Waals surface area contributed by atoms with E-state index in [1.54, 1.807) is 23.1 Å². The second-order valence-corrected chi connectivity index (χ2v) is 7.96. The van der Waals surface area contributed by atoms with E-state index in [0.717, 1.165) is 17.1 Å². The van der Waals surface area contributed by atoms with Crippen LogP contribution in [-0.2, 0) is 6.18 Å². The number of carbonyl (C=O) groups is 1. The average Bonchev–Trinajstić information content (AvgIpc) is 3.17. The number of aliphatic hydroxyl groups excluding tert-OH is 1. The highest BCUT2D eigenvalue weighted by Crippen LogP contribution is 2.42. The third kappa shape index (κ3) is 4.19. The lowest BCUT2D eigenvalue weighted by atomic mass is 10.1. The molecular formula is C20H17F3N4O3S. The Morgan fingerprint density at radius 2 is 2.00 bits per heavy atom. The molecule has 0 spiro atoms. The summed E-state index contributed by atoms with van der Waals surface area (Å²) in [6, 6.07) is 8.72. The Morgan fingerprint density at radius 3 is 2.61 bits per heavy atom. The zero-order valence-corrected chi connectivity index (χ0v) is 17.0. The van der Waals surface area contributed by atoms with Crippen molar-refractivity contribution in [3.63, 3.8) is 0 Å². The van der Waals surface area contributed by atoms with Crippen LogP contribution in [0.2, 0.25) is 0 Å². The maximum Gasteiger partial charge on any atom is 0.416 e. The summed E-state index contributed by atoms with van der Waals surface area (Å²) in [5, 5.41) is 21.8. The minimum atomic E-state index is -4.45. The number of aromatic nitrogens is 2. The molecule has 1 aliphatic heterocycles. The van der Waals surface area contributed by atoms with Crippen LogP contribution in [-0.4, -0.2) is 40.5 Å². The molecule has 2 N–H and O–H groups in total. The van der Waals surface area contributed by atoms with Crippen molar-refractivity contribution < 1.29 is 27.8 Å². The Morgan fingerprint density at radius 1 is 1.26 bits per heavy atom. The number of amides is 1. The van der Waals surface area contributed by atoms with Gasteiger partial charge in [-0.1, -0.05) is 17.4 Å². The first kappa shape index (κ1) is 21.1. The van der Waals surface area contributed by atoms with Crippen LogP contribution in [0.4, 0.5) is 29.7 Å². The number of aliphatic hydroxyl groups is 1. The number of nitrogens with zero attached hydrogens (tertiary/aromatic N) is 3. The molecule has 2 heterocycles. The fraction of sp³-hybridized carbons (Fsp3) is 0.250. The number of aryl methyl sites for hydroxylation is 1. The minimum absolute atomic E-state index is 0.118. The van der Waals surface area contributed by atoms with Crippen LogP contribution >= 0.6 is 11.3 Å². The van der Waals surface area contributed by atoms with Gasteiger partial charge in [0, 0.05) is 5.69 Å². The summed E-state index contributed by atoms with van der Waals surface area (Å²) in [7, 11) is 0. The Labute approximate surface area is 179 Å². The summed E-state index contributed by atoms with van der Waals surface area (Å²) in [6.07, 6.45) is -4.45. The van der Waals surface area contributed by atoms with Crippen molar-refractivity contribution in [1.82, 2.24) is 10.2 Å². The number of rotatable bonds is 4. The quantitative estimate of drug-likeness (QED) is 0.625. The summed E-state index contributed by atoms with van der Waals surface area (Å²) < 4.78 is 44.0. The Bertz CT molecular complexity index is 1100. The zero-order valence-electron chi connectivity index (χ0n) is 16.2. The van der Waals surface area contributed by atoms with Crippen molar-refractivity contribution in [2.24, 2.45) is 0 Å². The Balaban J connectivity index is 1.64. The van der Waals surface area contributed by atoms with Crippen LogP contribution in [0, 0.1) is 6.92 Å². The van der Waals surface area contributed by atoms with Crippen LogP contribution in [0.1, 0.15) is 20.9 Å². The number of fused-ring (bicyclic) bond motifs is 1. The van der Waals surface area contributed by atoms with Crippen LogP contribution in [0.25, 0.3) is 0 Å². The molecule has 1 aliphatic rings. The largest absolute Gasteiger partial charge is 0.488 e. The molecule has 2 aromatic carbocycles. The van der Waals surface area contributed by atoms with Gasteiger partial charge >= 0.3 is 6.18 Å². The molecule has 0 saturated heterocycles. The number of hydrogen-bond donors (Lipinski definition) is 2. The van der Waals surface area contributed by atoms with Crippen molar-refractivity contribution in [3.05, 3.63) is 58.6 Å². The molecule has 7 nitrogen and oxygen atoms in total. The highest BCUT2D eigenvalue weighted by Gasteiger charge is 2.33. The van der Waals surface area contributed by atoms with Gasteiger partial charge in [-0.05, 0) is 43.3 Å². The van der Waals surface area contributed by atoms with E-state index in [-0.39, 0.29) is 24.5 Å². The van der Waals surface area contributed by atoms with E-state index in [1.165, 1.54) is 23.5 Å². The molecular weight excluding hydrogens is 433 g/mol. The van der Waals surface area contributed by atoms with Crippen molar-refractivity contribution in [2.45, 2.75) is 19.1 Å². The smallest absolute Gasteiger partial charge is 0.416 e. The van der Waals surface area contributed by atoms with E-state index < -0.39 is 23.7 Å². The second-order valence-electron chi connectivity index (χ2n) is 6.80. The number of carbonyl (C=O) groups excluding carboxylic acids is 1. The lowest BCUT2D eigenvalue weighted by Crippen LogP contribution is -2.43. The van der Waals surface area contributed by atoms with E-state index in [1.807, 2.05) is 6.92 Å². The third-order valence-electron chi connectivity index (χ3n) is 4.69. The highest BCUT2D eigenvalue weighted by molar-refractivity contribution is 7.15. The number of alkyl halides is 3. The highest BCUT2D eigenvalue weighted by atomic mass is 32.1. The number of nitrogens with one attached hydrogen (secondary N) is 1. The van der Waals surface area contributed by atoms with Gasteiger partial charge in [-0.25, -0.2) is 0 Å². The predicted molar refractivity (Wildman–Crippen MR) is 109 cm³/mol. The van der Waals surface area contributed by atoms with Gasteiger partial charge in [-0.3, -0.25) is 4.79 Å². The molecule has 0 saturated carbocycles. The van der Waals surface area contributed by atoms with E-state index in [9.17, 15) is 23.1 Å². The summed E-state index contributed by atoms with van der Waals surface area (Å²) in [6.45, 7) is 1.73. The molecule has 4 rings (SSSR count). The van der Waals surface area contributed by atoms with Crippen LogP contribution in [0.15, 0.2) is 42.5 Å². The zero-order chi connectivity index (χ0) is 22.2. The number of benzene rings is 2. The normalized spacial score (nSPS) is 15.9. The van der Waals surface area contributed by atoms with Crippen molar-refractivity contribution in [1.29, 1.82) is 0 Å². The third-order valence-corrected chi connectivity index (χ3v) is 5.52. The summed E-state index contributed by atoms with van der Waals surface area (Å²) in [5.41, 5.74) is 0.168. The van der Waals surface area contributed by atoms with Crippen LogP contribution in [0.5, 0.6) is 5.75 Å². The molecule has 0 unspecified atom stereocenters. The maximum absolute atomic E-state index is 12.9. The molecule has 3 aromatic rings. The average molecular weight is 450 g/mol. The number of para-hydroxylation sites is 1. The molecule has 1 amide bonds. The molecule has 31 heavy (non-hydrogen) atoms. The first-order valence-corrected chi connectivity index (χ1v) is 10.0. The van der Waals surface area contributed by atoms with Crippen molar-refractivity contribution in [3.8, 4) is 5.75 Å². The summed E-state index contributed by atoms with van der Waals surface area (Å²) in [4.78, 5) is 14.6. The topological polar surface area (TPSA) is 87.6 Å². The van der Waals surface area contributed by atoms with E-state index in [4.69, 9.17) is 4.74 Å². The van der Waals surface area contributed by atoms with Crippen molar-refractivity contribution in [2.75, 3.05) is 23.4 Å². The molecule has 1 aromatic heterocycles. The number of ether oxygens (including phenoxy) is 1. The van der Waals surface area contributed by atoms with E-state index in [2.05, 4.69) is 15.5 Å². The van der Waals surface area contributed by atoms with Gasteiger partial charge in [0.15, 0.2) is 5.75 Å². The van der Waals surface area contributed by atoms with Gasteiger partial charge in [0.25, 0.3) is 5.91 Å². The molecule has 11 heteroatoms. The lowest BCUT2D eigenvalue weighted by molar-refractivity contribution is -0.137. The number of halogens is 3. The first-order chi connectivity index (χ1) is 14.8. The summed E-state index contributed by atoms with van der Waals surface area (Å²) in [5.74, 6) is -0.239. The van der Waals surface area contributed by atoms with Gasteiger partial charge in [0.2, 0.25) is 5.13 Å².